The van der Waals surface area contributed by atoms with E-state index in [2.05, 4.69) is 15.5 Å². The van der Waals surface area contributed by atoms with Crippen LogP contribution in [0.5, 0.6) is 0 Å². The van der Waals surface area contributed by atoms with Crippen molar-refractivity contribution in [3.63, 3.8) is 0 Å². The first kappa shape index (κ1) is 7.73. The summed E-state index contributed by atoms with van der Waals surface area (Å²) in [7, 11) is 0. The van der Waals surface area contributed by atoms with Crippen LogP contribution in [-0.2, 0) is 6.54 Å². The van der Waals surface area contributed by atoms with E-state index in [0.717, 1.165) is 13.1 Å². The Bertz CT molecular complexity index is 213. The van der Waals surface area contributed by atoms with E-state index in [1.165, 1.54) is 19.4 Å². The van der Waals surface area contributed by atoms with Gasteiger partial charge in [0.2, 0.25) is 0 Å². The van der Waals surface area contributed by atoms with Crippen LogP contribution >= 0.6 is 0 Å². The molecule has 1 saturated heterocycles. The summed E-state index contributed by atoms with van der Waals surface area (Å²) in [6.07, 6.45) is 6.05. The Labute approximate surface area is 72.0 Å². The van der Waals surface area contributed by atoms with E-state index < -0.39 is 0 Å². The normalized spacial score (nSPS) is 24.2. The second-order valence-electron chi connectivity index (χ2n) is 3.30. The molecule has 0 bridgehead atoms. The zero-order valence-electron chi connectivity index (χ0n) is 7.11. The Balaban J connectivity index is 1.86. The van der Waals surface area contributed by atoms with Crippen molar-refractivity contribution in [3.05, 3.63) is 12.4 Å². The van der Waals surface area contributed by atoms with E-state index in [-0.39, 0.29) is 0 Å². The molecule has 66 valence electrons. The molecule has 0 radical (unpaired) electrons. The fraction of sp³-hybridized carbons (Fsp3) is 0.750. The van der Waals surface area contributed by atoms with Crippen LogP contribution in [0.1, 0.15) is 12.8 Å². The number of rotatable bonds is 2. The number of piperidine rings is 1. The number of hydrogen-bond donors (Lipinski definition) is 1. The number of aromatic nitrogens is 3. The van der Waals surface area contributed by atoms with E-state index in [1.54, 1.807) is 17.2 Å². The molecule has 1 N–H and O–H groups in total. The molecule has 1 aromatic rings. The maximum atomic E-state index is 4.09. The van der Waals surface area contributed by atoms with E-state index in [0.29, 0.717) is 5.92 Å². The molecule has 1 fully saturated rings. The first-order chi connectivity index (χ1) is 5.95. The summed E-state index contributed by atoms with van der Waals surface area (Å²) in [5.74, 6) is 0.714. The van der Waals surface area contributed by atoms with Crippen molar-refractivity contribution >= 4 is 0 Å². The average Bonchev–Trinajstić information content (AvgIpc) is 2.59. The van der Waals surface area contributed by atoms with E-state index >= 15 is 0 Å². The van der Waals surface area contributed by atoms with Crippen LogP contribution in [-0.4, -0.2) is 28.1 Å². The summed E-state index contributed by atoms with van der Waals surface area (Å²) in [6.45, 7) is 3.24. The maximum absolute atomic E-state index is 4.09. The third-order valence-electron chi connectivity index (χ3n) is 2.29. The highest BCUT2D eigenvalue weighted by atomic mass is 15.5. The molecule has 2 heterocycles. The summed E-state index contributed by atoms with van der Waals surface area (Å²) in [5.41, 5.74) is 0. The van der Waals surface area contributed by atoms with Gasteiger partial charge in [0.05, 0.1) is 18.9 Å². The number of nitrogens with one attached hydrogen (secondary N) is 1. The lowest BCUT2D eigenvalue weighted by Gasteiger charge is -2.21. The Morgan fingerprint density at radius 3 is 2.92 bits per heavy atom. The Kier molecular flexibility index (Phi) is 2.36. The zero-order chi connectivity index (χ0) is 8.23. The van der Waals surface area contributed by atoms with Crippen molar-refractivity contribution in [1.82, 2.24) is 20.3 Å². The van der Waals surface area contributed by atoms with Gasteiger partial charge in [-0.1, -0.05) is 0 Å². The standard InChI is InChI=1S/C8H14N4/c1-2-8(6-9-3-1)7-12-10-4-5-11-12/h4-5,8-9H,1-3,6-7H2/t8-/m1/s1. The van der Waals surface area contributed by atoms with Gasteiger partial charge in [-0.3, -0.25) is 0 Å². The van der Waals surface area contributed by atoms with Crippen LogP contribution in [0.2, 0.25) is 0 Å². The molecule has 0 unspecified atom stereocenters. The van der Waals surface area contributed by atoms with Gasteiger partial charge in [-0.25, -0.2) is 0 Å². The molecule has 1 atom stereocenters. The van der Waals surface area contributed by atoms with Crippen molar-refractivity contribution in [1.29, 1.82) is 0 Å². The minimum absolute atomic E-state index is 0.714. The molecule has 0 aliphatic carbocycles. The van der Waals surface area contributed by atoms with Crippen molar-refractivity contribution in [2.24, 2.45) is 5.92 Å². The van der Waals surface area contributed by atoms with Crippen LogP contribution < -0.4 is 5.32 Å². The molecule has 12 heavy (non-hydrogen) atoms. The lowest BCUT2D eigenvalue weighted by Crippen LogP contribution is -2.32. The summed E-state index contributed by atoms with van der Waals surface area (Å²) in [5, 5.41) is 11.6. The minimum atomic E-state index is 0.714. The maximum Gasteiger partial charge on any atom is 0.0693 e. The molecule has 0 aromatic carbocycles. The smallest absolute Gasteiger partial charge is 0.0693 e. The summed E-state index contributed by atoms with van der Waals surface area (Å²) in [4.78, 5) is 1.78. The van der Waals surface area contributed by atoms with Crippen LogP contribution in [0, 0.1) is 5.92 Å². The van der Waals surface area contributed by atoms with Crippen molar-refractivity contribution < 1.29 is 0 Å². The third-order valence-corrected chi connectivity index (χ3v) is 2.29. The molecule has 0 spiro atoms. The van der Waals surface area contributed by atoms with Crippen LogP contribution in [0.15, 0.2) is 12.4 Å². The molecule has 4 heteroatoms. The first-order valence-electron chi connectivity index (χ1n) is 4.50. The van der Waals surface area contributed by atoms with E-state index in [1.807, 2.05) is 0 Å². The predicted molar refractivity (Wildman–Crippen MR) is 45.6 cm³/mol. The van der Waals surface area contributed by atoms with Gasteiger partial charge in [0.1, 0.15) is 0 Å². The number of nitrogens with zero attached hydrogens (tertiary/aromatic N) is 3. The van der Waals surface area contributed by atoms with Gasteiger partial charge in [-0.2, -0.15) is 15.0 Å². The van der Waals surface area contributed by atoms with Crippen molar-refractivity contribution in [2.75, 3.05) is 13.1 Å². The fourth-order valence-corrected chi connectivity index (χ4v) is 1.65. The highest BCUT2D eigenvalue weighted by molar-refractivity contribution is 4.69. The van der Waals surface area contributed by atoms with Gasteiger partial charge in [0, 0.05) is 0 Å². The second-order valence-corrected chi connectivity index (χ2v) is 3.30. The molecule has 0 amide bonds. The summed E-state index contributed by atoms with van der Waals surface area (Å²) < 4.78 is 0. The quantitative estimate of drug-likeness (QED) is 0.686. The monoisotopic (exact) mass is 166 g/mol. The Morgan fingerprint density at radius 2 is 2.25 bits per heavy atom. The molecule has 2 rings (SSSR count). The molecule has 1 aromatic heterocycles. The molecular formula is C8H14N4. The van der Waals surface area contributed by atoms with E-state index in [4.69, 9.17) is 0 Å². The Morgan fingerprint density at radius 1 is 1.42 bits per heavy atom. The fourth-order valence-electron chi connectivity index (χ4n) is 1.65. The second kappa shape index (κ2) is 3.67. The molecule has 4 nitrogen and oxygen atoms in total. The van der Waals surface area contributed by atoms with Gasteiger partial charge in [0.15, 0.2) is 0 Å². The van der Waals surface area contributed by atoms with Crippen LogP contribution in [0.4, 0.5) is 0 Å². The molecule has 1 aliphatic rings. The first-order valence-corrected chi connectivity index (χ1v) is 4.50. The van der Waals surface area contributed by atoms with Gasteiger partial charge in [-0.05, 0) is 31.8 Å². The summed E-state index contributed by atoms with van der Waals surface area (Å²) >= 11 is 0. The van der Waals surface area contributed by atoms with Crippen molar-refractivity contribution in [3.8, 4) is 0 Å². The third kappa shape index (κ3) is 1.82. The van der Waals surface area contributed by atoms with Gasteiger partial charge in [-0.15, -0.1) is 0 Å². The van der Waals surface area contributed by atoms with E-state index in [9.17, 15) is 0 Å². The predicted octanol–water partition coefficient (Wildman–Crippen LogP) is 0.278. The van der Waals surface area contributed by atoms with Crippen LogP contribution in [0.3, 0.4) is 0 Å². The average molecular weight is 166 g/mol. The molecule has 1 aliphatic heterocycles. The highest BCUT2D eigenvalue weighted by Crippen LogP contribution is 2.10. The van der Waals surface area contributed by atoms with Crippen LogP contribution in [0.25, 0.3) is 0 Å². The summed E-state index contributed by atoms with van der Waals surface area (Å²) in [6, 6.07) is 0. The van der Waals surface area contributed by atoms with Gasteiger partial charge < -0.3 is 5.32 Å². The van der Waals surface area contributed by atoms with Gasteiger partial charge >= 0.3 is 0 Å². The molecule has 0 saturated carbocycles. The molecular weight excluding hydrogens is 152 g/mol. The lowest BCUT2D eigenvalue weighted by molar-refractivity contribution is 0.309. The largest absolute Gasteiger partial charge is 0.316 e. The van der Waals surface area contributed by atoms with Crippen molar-refractivity contribution in [2.45, 2.75) is 19.4 Å². The zero-order valence-corrected chi connectivity index (χ0v) is 7.11. The lowest BCUT2D eigenvalue weighted by atomic mass is 10.0. The number of hydrogen-bond acceptors (Lipinski definition) is 3. The SMILES string of the molecule is c1cnn(C[C@@H]2CCCNC2)n1. The van der Waals surface area contributed by atoms with Gasteiger partial charge in [0.25, 0.3) is 0 Å². The minimum Gasteiger partial charge on any atom is -0.316 e. The topological polar surface area (TPSA) is 42.7 Å². The highest BCUT2D eigenvalue weighted by Gasteiger charge is 2.13. The Hall–Kier alpha value is -0.900.